The molecule has 0 saturated heterocycles. The van der Waals surface area contributed by atoms with Crippen molar-refractivity contribution in [2.75, 3.05) is 6.54 Å². The highest BCUT2D eigenvalue weighted by Gasteiger charge is 2.36. The fourth-order valence-corrected chi connectivity index (χ4v) is 5.90. The van der Waals surface area contributed by atoms with Crippen LogP contribution in [0.25, 0.3) is 5.57 Å². The van der Waals surface area contributed by atoms with E-state index in [1.54, 1.807) is 36.4 Å². The maximum atomic E-state index is 13.3. The number of hydrogen-bond acceptors (Lipinski definition) is 3. The van der Waals surface area contributed by atoms with Crippen LogP contribution in [0.2, 0.25) is 0 Å². The van der Waals surface area contributed by atoms with Gasteiger partial charge in [0.15, 0.2) is 0 Å². The van der Waals surface area contributed by atoms with Crippen molar-refractivity contribution in [2.45, 2.75) is 43.9 Å². The number of amides is 1. The summed E-state index contributed by atoms with van der Waals surface area (Å²) in [7, 11) is -3.92. The molecule has 1 amide bonds. The van der Waals surface area contributed by atoms with Gasteiger partial charge in [-0.05, 0) is 67.2 Å². The van der Waals surface area contributed by atoms with E-state index in [4.69, 9.17) is 0 Å². The first-order valence-corrected chi connectivity index (χ1v) is 12.2. The average Bonchev–Trinajstić information content (AvgIpc) is 2.71. The number of benzene rings is 2. The van der Waals surface area contributed by atoms with E-state index < -0.39 is 15.9 Å². The van der Waals surface area contributed by atoms with Crippen LogP contribution in [-0.4, -0.2) is 25.2 Å². The second-order valence-corrected chi connectivity index (χ2v) is 10.7. The quantitative estimate of drug-likeness (QED) is 0.585. The van der Waals surface area contributed by atoms with Crippen molar-refractivity contribution in [1.82, 2.24) is 4.31 Å². The molecule has 1 heterocycles. The van der Waals surface area contributed by atoms with Gasteiger partial charge in [0.05, 0.1) is 11.4 Å². The van der Waals surface area contributed by atoms with Gasteiger partial charge < -0.3 is 0 Å². The highest BCUT2D eigenvalue weighted by atomic mass is 79.9. The fraction of sp³-hybridized carbons (Fsp3) is 0.348. The summed E-state index contributed by atoms with van der Waals surface area (Å²) in [5.41, 5.74) is 3.17. The van der Waals surface area contributed by atoms with Crippen LogP contribution >= 0.6 is 15.9 Å². The molecule has 1 saturated carbocycles. The minimum Gasteiger partial charge on any atom is -0.268 e. The van der Waals surface area contributed by atoms with E-state index in [2.05, 4.69) is 22.0 Å². The lowest BCUT2D eigenvalue weighted by atomic mass is 9.85. The van der Waals surface area contributed by atoms with Gasteiger partial charge in [-0.3, -0.25) is 4.79 Å². The average molecular weight is 474 g/mol. The Balaban J connectivity index is 1.78. The first kappa shape index (κ1) is 20.4. The van der Waals surface area contributed by atoms with Crippen molar-refractivity contribution in [1.29, 1.82) is 0 Å². The number of carbonyl (C=O) groups is 1. The highest BCUT2D eigenvalue weighted by Crippen LogP contribution is 2.36. The van der Waals surface area contributed by atoms with Crippen molar-refractivity contribution in [3.8, 4) is 0 Å². The third-order valence-corrected chi connectivity index (χ3v) is 8.03. The number of hydrogen-bond donors (Lipinski definition) is 0. The Morgan fingerprint density at radius 3 is 2.38 bits per heavy atom. The van der Waals surface area contributed by atoms with Gasteiger partial charge in [0.2, 0.25) is 0 Å². The van der Waals surface area contributed by atoms with E-state index in [-0.39, 0.29) is 11.4 Å². The van der Waals surface area contributed by atoms with Gasteiger partial charge in [-0.2, -0.15) is 0 Å². The molecule has 0 unspecified atom stereocenters. The summed E-state index contributed by atoms with van der Waals surface area (Å²) in [5, 5.41) is 0. The van der Waals surface area contributed by atoms with Crippen molar-refractivity contribution in [3.63, 3.8) is 0 Å². The maximum absolute atomic E-state index is 13.3. The monoisotopic (exact) mass is 473 g/mol. The Morgan fingerprint density at radius 2 is 1.69 bits per heavy atom. The topological polar surface area (TPSA) is 54.5 Å². The standard InChI is InChI=1S/C23H24BrNO3S/c1-16-7-10-20(11-8-16)29(27,28)25-15-18(13-17-5-3-2-4-6-17)22-14-19(24)9-12-21(22)23(25)26/h7-14,17H,2-6,15H2,1H3/b18-13-. The van der Waals surface area contributed by atoms with Crippen LogP contribution in [0.4, 0.5) is 0 Å². The summed E-state index contributed by atoms with van der Waals surface area (Å²) in [4.78, 5) is 13.3. The van der Waals surface area contributed by atoms with E-state index in [0.717, 1.165) is 38.3 Å². The molecule has 2 aliphatic rings. The van der Waals surface area contributed by atoms with Crippen LogP contribution in [0.3, 0.4) is 0 Å². The smallest absolute Gasteiger partial charge is 0.268 e. The molecule has 0 aromatic heterocycles. The first-order chi connectivity index (χ1) is 13.9. The van der Waals surface area contributed by atoms with Crippen LogP contribution in [0.15, 0.2) is 57.9 Å². The SMILES string of the molecule is Cc1ccc(S(=O)(=O)N2C/C(=C/C3CCCCC3)c3cc(Br)ccc3C2=O)cc1. The second kappa shape index (κ2) is 8.07. The lowest BCUT2D eigenvalue weighted by Crippen LogP contribution is -2.41. The maximum Gasteiger partial charge on any atom is 0.268 e. The Bertz CT molecular complexity index is 1070. The minimum atomic E-state index is -3.92. The molecule has 0 bridgehead atoms. The molecule has 2 aromatic rings. The number of carbonyl (C=O) groups excluding carboxylic acids is 1. The minimum absolute atomic E-state index is 0.0784. The summed E-state index contributed by atoms with van der Waals surface area (Å²) >= 11 is 3.49. The molecular weight excluding hydrogens is 450 g/mol. The molecule has 0 N–H and O–H groups in total. The van der Waals surface area contributed by atoms with E-state index in [1.807, 2.05) is 13.0 Å². The van der Waals surface area contributed by atoms with Crippen molar-refractivity contribution < 1.29 is 13.2 Å². The van der Waals surface area contributed by atoms with E-state index in [1.165, 1.54) is 19.3 Å². The molecule has 29 heavy (non-hydrogen) atoms. The molecule has 0 spiro atoms. The molecule has 152 valence electrons. The summed E-state index contributed by atoms with van der Waals surface area (Å²) in [6.45, 7) is 1.98. The fourth-order valence-electron chi connectivity index (χ4n) is 4.17. The Kier molecular flexibility index (Phi) is 5.67. The van der Waals surface area contributed by atoms with Crippen molar-refractivity contribution in [2.24, 2.45) is 5.92 Å². The zero-order valence-corrected chi connectivity index (χ0v) is 18.8. The van der Waals surface area contributed by atoms with E-state index in [0.29, 0.717) is 11.5 Å². The summed E-state index contributed by atoms with van der Waals surface area (Å²) in [6.07, 6.45) is 8.09. The lowest BCUT2D eigenvalue weighted by Gasteiger charge is -2.31. The number of aryl methyl sites for hydroxylation is 1. The predicted molar refractivity (Wildman–Crippen MR) is 118 cm³/mol. The zero-order chi connectivity index (χ0) is 20.6. The van der Waals surface area contributed by atoms with Gasteiger partial charge in [0, 0.05) is 10.0 Å². The molecule has 0 atom stereocenters. The number of fused-ring (bicyclic) bond motifs is 1. The van der Waals surface area contributed by atoms with Gasteiger partial charge in [-0.15, -0.1) is 0 Å². The van der Waals surface area contributed by atoms with Crippen LogP contribution in [0.1, 0.15) is 53.6 Å². The number of sulfonamides is 1. The van der Waals surface area contributed by atoms with Crippen molar-refractivity contribution >= 4 is 37.4 Å². The molecule has 4 nitrogen and oxygen atoms in total. The number of rotatable bonds is 3. The lowest BCUT2D eigenvalue weighted by molar-refractivity contribution is 0.0867. The third kappa shape index (κ3) is 4.05. The molecule has 1 aliphatic heterocycles. The van der Waals surface area contributed by atoms with Gasteiger partial charge in [0.25, 0.3) is 15.9 Å². The molecule has 0 radical (unpaired) electrons. The molecule has 1 aliphatic carbocycles. The normalized spacial score (nSPS) is 19.4. The van der Waals surface area contributed by atoms with Gasteiger partial charge in [-0.25, -0.2) is 12.7 Å². The highest BCUT2D eigenvalue weighted by molar-refractivity contribution is 9.10. The largest absolute Gasteiger partial charge is 0.268 e. The Hall–Kier alpha value is -1.92. The second-order valence-electron chi connectivity index (χ2n) is 7.91. The van der Waals surface area contributed by atoms with Crippen LogP contribution in [0, 0.1) is 12.8 Å². The summed E-state index contributed by atoms with van der Waals surface area (Å²) in [6, 6.07) is 12.1. The van der Waals surface area contributed by atoms with Crippen LogP contribution in [0.5, 0.6) is 0 Å². The number of allylic oxidation sites excluding steroid dienone is 1. The van der Waals surface area contributed by atoms with E-state index in [9.17, 15) is 13.2 Å². The van der Waals surface area contributed by atoms with Gasteiger partial charge >= 0.3 is 0 Å². The molecule has 2 aromatic carbocycles. The molecular formula is C23H24BrNO3S. The summed E-state index contributed by atoms with van der Waals surface area (Å²) in [5.74, 6) is -0.0309. The Morgan fingerprint density at radius 1 is 1.00 bits per heavy atom. The molecule has 1 fully saturated rings. The van der Waals surface area contributed by atoms with E-state index >= 15 is 0 Å². The zero-order valence-electron chi connectivity index (χ0n) is 16.4. The first-order valence-electron chi connectivity index (χ1n) is 10.0. The number of halogens is 1. The van der Waals surface area contributed by atoms with Gasteiger partial charge in [-0.1, -0.05) is 59.0 Å². The number of nitrogens with zero attached hydrogens (tertiary/aromatic N) is 1. The third-order valence-electron chi connectivity index (χ3n) is 5.79. The van der Waals surface area contributed by atoms with Crippen LogP contribution < -0.4 is 0 Å². The molecule has 6 heteroatoms. The summed E-state index contributed by atoms with van der Waals surface area (Å²) < 4.78 is 28.5. The predicted octanol–water partition coefficient (Wildman–Crippen LogP) is 5.57. The molecule has 4 rings (SSSR count). The Labute approximate surface area is 180 Å². The van der Waals surface area contributed by atoms with Gasteiger partial charge in [0.1, 0.15) is 0 Å². The van der Waals surface area contributed by atoms with Crippen molar-refractivity contribution in [3.05, 3.63) is 69.7 Å². The van der Waals surface area contributed by atoms with Crippen LogP contribution in [-0.2, 0) is 10.0 Å².